The van der Waals surface area contributed by atoms with Crippen molar-refractivity contribution in [3.05, 3.63) is 144 Å². The fourth-order valence-corrected chi connectivity index (χ4v) is 6.33. The van der Waals surface area contributed by atoms with Gasteiger partial charge >= 0.3 is 0 Å². The highest BCUT2D eigenvalue weighted by atomic mass is 31.1. The van der Waals surface area contributed by atoms with Crippen molar-refractivity contribution in [2.75, 3.05) is 7.11 Å². The molecule has 0 fully saturated rings. The number of aryl methyl sites for hydroxylation is 3. The molecule has 0 bridgehead atoms. The van der Waals surface area contributed by atoms with Crippen LogP contribution in [-0.4, -0.2) is 7.11 Å². The number of methoxy groups -OCH3 is 1. The van der Waals surface area contributed by atoms with E-state index in [-0.39, 0.29) is 0 Å². The van der Waals surface area contributed by atoms with Crippen LogP contribution in [0, 0.1) is 20.8 Å². The summed E-state index contributed by atoms with van der Waals surface area (Å²) in [5.41, 5.74) is 8.02. The predicted molar refractivity (Wildman–Crippen MR) is 159 cm³/mol. The molecule has 0 aliphatic rings. The molecule has 0 saturated carbocycles. The Hall–Kier alpha value is -3.67. The molecule has 0 atom stereocenters. The average Bonchev–Trinajstić information content (AvgIpc) is 2.90. The van der Waals surface area contributed by atoms with E-state index in [2.05, 4.69) is 142 Å². The summed E-state index contributed by atoms with van der Waals surface area (Å²) in [6.07, 6.45) is 6.37. The lowest BCUT2D eigenvalue weighted by Crippen LogP contribution is -2.09. The van der Waals surface area contributed by atoms with E-state index in [1.54, 1.807) is 7.11 Å². The molecule has 0 unspecified atom stereocenters. The maximum atomic E-state index is 5.82. The van der Waals surface area contributed by atoms with Gasteiger partial charge in [-0.05, 0) is 73.2 Å². The van der Waals surface area contributed by atoms with E-state index in [4.69, 9.17) is 4.74 Å². The second-order valence-corrected chi connectivity index (χ2v) is 11.0. The Kier molecular flexibility index (Phi) is 8.36. The third-order valence-corrected chi connectivity index (χ3v) is 8.47. The summed E-state index contributed by atoms with van der Waals surface area (Å²) in [4.78, 5) is 0. The first-order chi connectivity index (χ1) is 17.5. The highest BCUT2D eigenvalue weighted by molar-refractivity contribution is 7.75. The molecule has 1 nitrogen and oxygen atoms in total. The lowest BCUT2D eigenvalue weighted by molar-refractivity contribution is 0.416. The number of hydrogen-bond donors (Lipinski definition) is 0. The van der Waals surface area contributed by atoms with Gasteiger partial charge in [-0.3, -0.25) is 0 Å². The van der Waals surface area contributed by atoms with Crippen LogP contribution in [0.1, 0.15) is 22.3 Å². The molecule has 2 heteroatoms. The second-order valence-electron chi connectivity index (χ2n) is 8.92. The quantitative estimate of drug-likeness (QED) is 0.178. The summed E-state index contributed by atoms with van der Waals surface area (Å²) >= 11 is 0. The van der Waals surface area contributed by atoms with Gasteiger partial charge in [0.05, 0.1) is 7.11 Å². The normalized spacial score (nSPS) is 11.5. The van der Waals surface area contributed by atoms with Crippen LogP contribution >= 0.6 is 7.92 Å². The Bertz CT molecular complexity index is 1360. The molecule has 180 valence electrons. The van der Waals surface area contributed by atoms with E-state index < -0.39 is 7.92 Å². The fraction of sp³-hybridized carbons (Fsp3) is 0.118. The molecule has 0 spiro atoms. The monoisotopic (exact) mass is 488 g/mol. The van der Waals surface area contributed by atoms with Crippen LogP contribution in [0.15, 0.2) is 122 Å². The van der Waals surface area contributed by atoms with Gasteiger partial charge < -0.3 is 4.74 Å². The second kappa shape index (κ2) is 11.8. The third-order valence-electron chi connectivity index (χ3n) is 6.29. The number of allylic oxidation sites excluding steroid dienone is 4. The molecule has 4 aromatic rings. The van der Waals surface area contributed by atoms with E-state index in [9.17, 15) is 0 Å². The minimum absolute atomic E-state index is 0.582. The number of hydrogen-bond acceptors (Lipinski definition) is 1. The molecule has 0 heterocycles. The minimum Gasteiger partial charge on any atom is -0.496 e. The van der Waals surface area contributed by atoms with Crippen molar-refractivity contribution in [2.24, 2.45) is 0 Å². The van der Waals surface area contributed by atoms with E-state index in [0.717, 1.165) is 22.4 Å². The van der Waals surface area contributed by atoms with Crippen LogP contribution in [0.25, 0.3) is 16.7 Å². The van der Waals surface area contributed by atoms with Crippen LogP contribution in [0.2, 0.25) is 0 Å². The maximum absolute atomic E-state index is 5.82. The van der Waals surface area contributed by atoms with Crippen LogP contribution in [0.4, 0.5) is 0 Å². The Morgan fingerprint density at radius 1 is 0.750 bits per heavy atom. The van der Waals surface area contributed by atoms with Gasteiger partial charge in [0.1, 0.15) is 5.75 Å². The zero-order chi connectivity index (χ0) is 25.5. The first kappa shape index (κ1) is 25.4. The summed E-state index contributed by atoms with van der Waals surface area (Å²) in [5.74, 6) is 3.18. The van der Waals surface area contributed by atoms with E-state index >= 15 is 0 Å². The summed E-state index contributed by atoms with van der Waals surface area (Å²) in [6, 6.07) is 32.1. The molecular weight excluding hydrogens is 455 g/mol. The Balaban J connectivity index is 1.68. The molecule has 0 aromatic heterocycles. The first-order valence-corrected chi connectivity index (χ1v) is 13.6. The van der Waals surface area contributed by atoms with Gasteiger partial charge in [-0.15, -0.1) is 0 Å². The van der Waals surface area contributed by atoms with Crippen molar-refractivity contribution in [3.63, 3.8) is 0 Å². The van der Waals surface area contributed by atoms with Crippen LogP contribution in [0.5, 0.6) is 5.75 Å². The van der Waals surface area contributed by atoms with Crippen LogP contribution in [0.3, 0.4) is 0 Å². The van der Waals surface area contributed by atoms with E-state index in [1.807, 2.05) is 0 Å². The van der Waals surface area contributed by atoms with Gasteiger partial charge in [-0.1, -0.05) is 121 Å². The van der Waals surface area contributed by atoms with Crippen molar-refractivity contribution in [3.8, 4) is 16.9 Å². The van der Waals surface area contributed by atoms with Crippen molar-refractivity contribution < 1.29 is 4.74 Å². The smallest absolute Gasteiger partial charge is 0.127 e. The molecule has 0 aliphatic carbocycles. The van der Waals surface area contributed by atoms with Crippen molar-refractivity contribution in [1.82, 2.24) is 0 Å². The third kappa shape index (κ3) is 5.76. The Morgan fingerprint density at radius 2 is 1.36 bits per heavy atom. The van der Waals surface area contributed by atoms with Crippen molar-refractivity contribution in [1.29, 1.82) is 0 Å². The van der Waals surface area contributed by atoms with Gasteiger partial charge in [-0.25, -0.2) is 0 Å². The number of rotatable bonds is 8. The largest absolute Gasteiger partial charge is 0.496 e. The van der Waals surface area contributed by atoms with Crippen LogP contribution in [-0.2, 0) is 0 Å². The summed E-state index contributed by atoms with van der Waals surface area (Å²) in [7, 11) is 1.15. The molecule has 0 saturated heterocycles. The molecule has 4 rings (SSSR count). The minimum atomic E-state index is -0.582. The topological polar surface area (TPSA) is 9.23 Å². The molecule has 4 aromatic carbocycles. The zero-order valence-corrected chi connectivity index (χ0v) is 22.4. The maximum Gasteiger partial charge on any atom is 0.127 e. The lowest BCUT2D eigenvalue weighted by atomic mass is 9.88. The van der Waals surface area contributed by atoms with Gasteiger partial charge in [0, 0.05) is 5.56 Å². The lowest BCUT2D eigenvalue weighted by Gasteiger charge is -2.19. The van der Waals surface area contributed by atoms with E-state index in [1.165, 1.54) is 32.9 Å². The van der Waals surface area contributed by atoms with Gasteiger partial charge in [0.25, 0.3) is 0 Å². The Morgan fingerprint density at radius 3 is 1.97 bits per heavy atom. The summed E-state index contributed by atoms with van der Waals surface area (Å²) in [5, 5.41) is 2.67. The van der Waals surface area contributed by atoms with E-state index in [0.29, 0.717) is 0 Å². The van der Waals surface area contributed by atoms with Gasteiger partial charge in [0.2, 0.25) is 0 Å². The van der Waals surface area contributed by atoms with Crippen molar-refractivity contribution >= 4 is 24.1 Å². The molecule has 0 radical (unpaired) electrons. The first-order valence-electron chi connectivity index (χ1n) is 12.2. The number of ether oxygens (including phenoxy) is 1. The highest BCUT2D eigenvalue weighted by Gasteiger charge is 2.17. The molecule has 0 aliphatic heterocycles. The summed E-state index contributed by atoms with van der Waals surface area (Å²) < 4.78 is 5.82. The molecule has 36 heavy (non-hydrogen) atoms. The van der Waals surface area contributed by atoms with Crippen LogP contribution < -0.4 is 15.3 Å². The standard InChI is InChI=1S/C34H33OP/c1-25-19-20-26(2)31(24-25)34-32(35-5)22-21-28(4)33(34)27(3)14-12-13-23-36(29-15-8-6-9-16-29)30-17-10-7-11-18-30/h6-24H,3H2,1-2,4-5H3/b14-12-,23-13-. The predicted octanol–water partition coefficient (Wildman–Crippen LogP) is 8.50. The van der Waals surface area contributed by atoms with Gasteiger partial charge in [-0.2, -0.15) is 0 Å². The zero-order valence-electron chi connectivity index (χ0n) is 21.5. The molecule has 0 amide bonds. The SMILES string of the molecule is C=C(/C=C\C=C/P(c1ccccc1)c1ccccc1)c1c(C)ccc(OC)c1-c1cc(C)ccc1C. The number of benzene rings is 4. The fourth-order valence-electron chi connectivity index (χ4n) is 4.43. The molecular formula is C34H33OP. The average molecular weight is 489 g/mol. The van der Waals surface area contributed by atoms with Gasteiger partial charge in [0.15, 0.2) is 0 Å². The van der Waals surface area contributed by atoms with Crippen molar-refractivity contribution in [2.45, 2.75) is 20.8 Å². The Labute approximate surface area is 217 Å². The highest BCUT2D eigenvalue weighted by Crippen LogP contribution is 2.41. The summed E-state index contributed by atoms with van der Waals surface area (Å²) in [6.45, 7) is 10.9. The molecule has 0 N–H and O–H groups in total.